The van der Waals surface area contributed by atoms with Gasteiger partial charge in [-0.1, -0.05) is 277 Å². The summed E-state index contributed by atoms with van der Waals surface area (Å²) >= 11 is 0. The van der Waals surface area contributed by atoms with Gasteiger partial charge >= 0.3 is 0 Å². The fraction of sp³-hybridized carbons (Fsp3) is 0.984. The summed E-state index contributed by atoms with van der Waals surface area (Å²) in [5.74, 6) is -0.199. The van der Waals surface area contributed by atoms with Gasteiger partial charge in [-0.3, -0.25) is 4.79 Å². The molecule has 0 radical (unpaired) electrons. The summed E-state index contributed by atoms with van der Waals surface area (Å²) < 4.78 is 22.9. The summed E-state index contributed by atoms with van der Waals surface area (Å²) in [4.78, 5) is 13.3. The molecule has 452 valence electrons. The third-order valence-electron chi connectivity index (χ3n) is 16.3. The van der Waals surface area contributed by atoms with Crippen LogP contribution in [0.5, 0.6) is 0 Å². The quantitative estimate of drug-likeness (QED) is 0.0259. The number of aliphatic hydroxyl groups excluding tert-OH is 8. The van der Waals surface area contributed by atoms with Crippen molar-refractivity contribution in [2.24, 2.45) is 0 Å². The fourth-order valence-corrected chi connectivity index (χ4v) is 11.1. The second kappa shape index (κ2) is 48.7. The minimum absolute atomic E-state index is 0.199. The average Bonchev–Trinajstić information content (AvgIpc) is 3.42. The summed E-state index contributed by atoms with van der Waals surface area (Å²) in [6.45, 7) is 2.91. The van der Waals surface area contributed by atoms with Crippen LogP contribution in [0.15, 0.2) is 0 Å². The number of nitrogens with one attached hydrogen (secondary N) is 1. The third kappa shape index (κ3) is 33.7. The van der Waals surface area contributed by atoms with Crippen LogP contribution in [0.4, 0.5) is 0 Å². The molecule has 2 saturated heterocycles. The summed E-state index contributed by atoms with van der Waals surface area (Å²) in [6.07, 6.45) is 38.3. The summed E-state index contributed by atoms with van der Waals surface area (Å²) in [6, 6.07) is -0.823. The zero-order valence-corrected chi connectivity index (χ0v) is 48.8. The van der Waals surface area contributed by atoms with Crippen molar-refractivity contribution in [3.05, 3.63) is 0 Å². The van der Waals surface area contributed by atoms with E-state index in [-0.39, 0.29) is 12.5 Å². The Morgan fingerprint density at radius 3 is 1.12 bits per heavy atom. The highest BCUT2D eigenvalue weighted by Crippen LogP contribution is 2.30. The predicted molar refractivity (Wildman–Crippen MR) is 305 cm³/mol. The van der Waals surface area contributed by atoms with Gasteiger partial charge in [0, 0.05) is 6.42 Å². The summed E-state index contributed by atoms with van der Waals surface area (Å²) in [7, 11) is 0. The Morgan fingerprint density at radius 2 is 0.750 bits per heavy atom. The zero-order chi connectivity index (χ0) is 55.3. The smallest absolute Gasteiger partial charge is 0.220 e. The molecule has 0 aromatic carbocycles. The molecule has 1 amide bonds. The lowest BCUT2D eigenvalue weighted by atomic mass is 9.97. The van der Waals surface area contributed by atoms with E-state index in [2.05, 4.69) is 19.2 Å². The molecule has 14 nitrogen and oxygen atoms in total. The molecule has 2 rings (SSSR count). The van der Waals surface area contributed by atoms with Gasteiger partial charge in [-0.05, 0) is 12.8 Å². The molecular weight excluding hydrogens is 967 g/mol. The summed E-state index contributed by atoms with van der Waals surface area (Å²) in [5.41, 5.74) is 0. The van der Waals surface area contributed by atoms with Crippen molar-refractivity contribution < 1.29 is 64.6 Å². The molecule has 2 fully saturated rings. The van der Waals surface area contributed by atoms with E-state index < -0.39 is 86.8 Å². The standard InChI is InChI=1S/C62H121NO13/c1-3-5-7-9-11-13-15-17-19-21-22-23-24-25-26-27-28-29-30-32-34-36-38-40-42-44-46-54(67)63-50(51(66)45-43-41-39-37-35-33-31-20-18-16-14-12-10-8-6-4-2)49-73-61-59(72)57(70)60(53(48-65)75-61)76-62-58(71)56(69)55(68)52(47-64)74-62/h50-53,55-62,64-66,68-72H,3-49H2,1-2H3,(H,63,67). The number of unbranched alkanes of at least 4 members (excludes halogenated alkanes) is 40. The van der Waals surface area contributed by atoms with E-state index in [1.54, 1.807) is 0 Å². The first kappa shape index (κ1) is 71.1. The molecule has 0 spiro atoms. The molecule has 0 bridgehead atoms. The molecule has 0 saturated carbocycles. The topological polar surface area (TPSA) is 228 Å². The number of aliphatic hydroxyl groups is 8. The van der Waals surface area contributed by atoms with E-state index in [0.29, 0.717) is 12.8 Å². The van der Waals surface area contributed by atoms with Crippen molar-refractivity contribution in [2.75, 3.05) is 19.8 Å². The Balaban J connectivity index is 1.68. The molecule has 12 atom stereocenters. The molecule has 76 heavy (non-hydrogen) atoms. The van der Waals surface area contributed by atoms with Crippen LogP contribution in [0.25, 0.3) is 0 Å². The maximum Gasteiger partial charge on any atom is 0.220 e. The highest BCUT2D eigenvalue weighted by atomic mass is 16.7. The number of amides is 1. The lowest BCUT2D eigenvalue weighted by molar-refractivity contribution is -0.359. The van der Waals surface area contributed by atoms with Crippen LogP contribution in [0.3, 0.4) is 0 Å². The largest absolute Gasteiger partial charge is 0.394 e. The summed E-state index contributed by atoms with van der Waals surface area (Å²) in [5, 5.41) is 87.4. The minimum atomic E-state index is -1.78. The van der Waals surface area contributed by atoms with Crippen molar-refractivity contribution in [3.63, 3.8) is 0 Å². The van der Waals surface area contributed by atoms with Crippen molar-refractivity contribution >= 4 is 5.91 Å². The van der Waals surface area contributed by atoms with Gasteiger partial charge in [0.2, 0.25) is 5.91 Å². The first-order valence-corrected chi connectivity index (χ1v) is 32.3. The molecule has 0 aromatic rings. The van der Waals surface area contributed by atoms with Crippen molar-refractivity contribution in [1.82, 2.24) is 5.32 Å². The van der Waals surface area contributed by atoms with E-state index in [0.717, 1.165) is 51.4 Å². The van der Waals surface area contributed by atoms with Crippen molar-refractivity contribution in [3.8, 4) is 0 Å². The molecule has 2 aliphatic rings. The zero-order valence-electron chi connectivity index (χ0n) is 48.8. The number of carbonyl (C=O) groups is 1. The number of rotatable bonds is 53. The predicted octanol–water partition coefficient (Wildman–Crippen LogP) is 11.7. The number of hydrogen-bond acceptors (Lipinski definition) is 13. The van der Waals surface area contributed by atoms with Gasteiger partial charge in [-0.2, -0.15) is 0 Å². The highest BCUT2D eigenvalue weighted by molar-refractivity contribution is 5.76. The Morgan fingerprint density at radius 1 is 0.421 bits per heavy atom. The van der Waals surface area contributed by atoms with Crippen LogP contribution in [0.1, 0.15) is 296 Å². The second-order valence-electron chi connectivity index (χ2n) is 23.3. The maximum absolute atomic E-state index is 13.3. The molecule has 14 heteroatoms. The monoisotopic (exact) mass is 1090 g/mol. The average molecular weight is 1090 g/mol. The van der Waals surface area contributed by atoms with Crippen LogP contribution in [-0.4, -0.2) is 140 Å². The highest BCUT2D eigenvalue weighted by Gasteiger charge is 2.51. The molecule has 2 aliphatic heterocycles. The third-order valence-corrected chi connectivity index (χ3v) is 16.3. The van der Waals surface area contributed by atoms with Crippen LogP contribution >= 0.6 is 0 Å². The van der Waals surface area contributed by atoms with Crippen LogP contribution in [0.2, 0.25) is 0 Å². The van der Waals surface area contributed by atoms with E-state index in [4.69, 9.17) is 18.9 Å². The van der Waals surface area contributed by atoms with Gasteiger partial charge in [0.05, 0.1) is 32.0 Å². The van der Waals surface area contributed by atoms with Crippen molar-refractivity contribution in [2.45, 2.75) is 370 Å². The first-order valence-electron chi connectivity index (χ1n) is 32.3. The SMILES string of the molecule is CCCCCCCCCCCCCCCCCCCCCCCCCCCCC(=O)NC(COC1OC(CO)C(OC2OC(CO)C(O)C(O)C2O)C(O)C1O)C(O)CCCCCCCCCCCCCCCCCC. The van der Waals surface area contributed by atoms with E-state index in [1.165, 1.54) is 218 Å². The maximum atomic E-state index is 13.3. The van der Waals surface area contributed by atoms with E-state index in [1.807, 2.05) is 0 Å². The molecule has 0 aliphatic carbocycles. The van der Waals surface area contributed by atoms with Crippen molar-refractivity contribution in [1.29, 1.82) is 0 Å². The minimum Gasteiger partial charge on any atom is -0.394 e. The molecule has 0 aromatic heterocycles. The van der Waals surface area contributed by atoms with Gasteiger partial charge in [0.25, 0.3) is 0 Å². The number of carbonyl (C=O) groups excluding carboxylic acids is 1. The van der Waals surface area contributed by atoms with Gasteiger partial charge in [0.15, 0.2) is 12.6 Å². The second-order valence-corrected chi connectivity index (χ2v) is 23.3. The number of ether oxygens (including phenoxy) is 4. The first-order chi connectivity index (χ1) is 37.1. The van der Waals surface area contributed by atoms with Crippen LogP contribution < -0.4 is 5.32 Å². The Labute approximate surface area is 464 Å². The van der Waals surface area contributed by atoms with E-state index >= 15 is 0 Å². The number of hydrogen-bond donors (Lipinski definition) is 9. The van der Waals surface area contributed by atoms with Crippen LogP contribution in [-0.2, 0) is 23.7 Å². The molecule has 2 heterocycles. The molecular formula is C62H121NO13. The van der Waals surface area contributed by atoms with Gasteiger partial charge in [-0.15, -0.1) is 0 Å². The lowest BCUT2D eigenvalue weighted by Crippen LogP contribution is -2.65. The van der Waals surface area contributed by atoms with Gasteiger partial charge < -0.3 is 65.1 Å². The Bertz CT molecular complexity index is 1280. The van der Waals surface area contributed by atoms with E-state index in [9.17, 15) is 45.6 Å². The molecule has 12 unspecified atom stereocenters. The normalized spacial score (nSPS) is 24.8. The van der Waals surface area contributed by atoms with Gasteiger partial charge in [-0.25, -0.2) is 0 Å². The Kier molecular flexibility index (Phi) is 45.5. The lowest BCUT2D eigenvalue weighted by Gasteiger charge is -2.46. The molecule has 9 N–H and O–H groups in total. The fourth-order valence-electron chi connectivity index (χ4n) is 11.1. The van der Waals surface area contributed by atoms with Gasteiger partial charge in [0.1, 0.15) is 48.8 Å². The van der Waals surface area contributed by atoms with Crippen LogP contribution in [0, 0.1) is 0 Å². The Hall–Kier alpha value is -1.01.